The molecule has 2 aromatic rings. The van der Waals surface area contributed by atoms with Crippen molar-refractivity contribution >= 4 is 80.9 Å². The number of hydrogen-bond acceptors (Lipinski definition) is 14. The number of carbonyl (C=O) groups is 4. The molecule has 1 fully saturated rings. The van der Waals surface area contributed by atoms with E-state index in [0.717, 1.165) is 11.3 Å². The molecule has 1 unspecified atom stereocenters. The highest BCUT2D eigenvalue weighted by atomic mass is 32.2. The number of anilines is 1. The maximum Gasteiger partial charge on any atom is 0.413 e. The van der Waals surface area contributed by atoms with Crippen molar-refractivity contribution in [3.8, 4) is 0 Å². The molecule has 14 nitrogen and oxygen atoms in total. The second-order valence-corrected chi connectivity index (χ2v) is 11.1. The molecule has 4 heterocycles. The summed E-state index contributed by atoms with van der Waals surface area (Å²) in [5.41, 5.74) is 1.97. The Bertz CT molecular complexity index is 1260. The summed E-state index contributed by atoms with van der Waals surface area (Å²) < 4.78 is 5.49. The quantitative estimate of drug-likeness (QED) is 0.158. The summed E-state index contributed by atoms with van der Waals surface area (Å²) in [6.07, 6.45) is -0.698. The molecule has 3 N–H and O–H groups in total. The average Bonchev–Trinajstić information content (AvgIpc) is 3.56. The minimum Gasteiger partial charge on any atom is -0.477 e. The van der Waals surface area contributed by atoms with E-state index >= 15 is 0 Å². The van der Waals surface area contributed by atoms with E-state index in [1.807, 2.05) is 0 Å². The van der Waals surface area contributed by atoms with Crippen LogP contribution in [0.15, 0.2) is 31.7 Å². The SMILES string of the molecule is CCOC(=O)Nc1nc(C(=NOC)C(=O)NC2C(=O)N3C(C(=O)O)=C(CSc4nncs4)CS[C@@H]23)cs1. The number of ether oxygens (including phenoxy) is 1. The number of nitrogens with zero attached hydrogens (tertiary/aromatic N) is 5. The van der Waals surface area contributed by atoms with Gasteiger partial charge in [-0.1, -0.05) is 28.3 Å². The number of hydrogen-bond donors (Lipinski definition) is 3. The van der Waals surface area contributed by atoms with E-state index in [4.69, 9.17) is 9.57 Å². The average molecular weight is 586 g/mol. The largest absolute Gasteiger partial charge is 0.477 e. The normalized spacial score (nSPS) is 19.1. The second kappa shape index (κ2) is 11.9. The van der Waals surface area contributed by atoms with Gasteiger partial charge in [0.1, 0.15) is 35.4 Å². The van der Waals surface area contributed by atoms with Crippen LogP contribution in [0.1, 0.15) is 12.6 Å². The van der Waals surface area contributed by atoms with Gasteiger partial charge in [-0.25, -0.2) is 14.6 Å². The zero-order valence-corrected chi connectivity index (χ0v) is 22.5. The molecule has 1 saturated heterocycles. The number of thioether (sulfide) groups is 2. The maximum absolute atomic E-state index is 13.0. The van der Waals surface area contributed by atoms with Gasteiger partial charge in [-0.05, 0) is 12.5 Å². The van der Waals surface area contributed by atoms with Gasteiger partial charge in [0.15, 0.2) is 15.2 Å². The molecular weight excluding hydrogens is 567 g/mol. The van der Waals surface area contributed by atoms with Crippen LogP contribution in [0.25, 0.3) is 0 Å². The molecule has 0 aliphatic carbocycles. The molecule has 0 radical (unpaired) electrons. The van der Waals surface area contributed by atoms with Gasteiger partial charge < -0.3 is 20.0 Å². The van der Waals surface area contributed by atoms with Gasteiger partial charge in [0.2, 0.25) is 0 Å². The highest BCUT2D eigenvalue weighted by Crippen LogP contribution is 2.41. The lowest BCUT2D eigenvalue weighted by Gasteiger charge is -2.49. The van der Waals surface area contributed by atoms with Crippen LogP contribution in [0.5, 0.6) is 0 Å². The van der Waals surface area contributed by atoms with Crippen LogP contribution in [-0.2, 0) is 24.0 Å². The predicted octanol–water partition coefficient (Wildman–Crippen LogP) is 1.44. The molecule has 2 aliphatic heterocycles. The summed E-state index contributed by atoms with van der Waals surface area (Å²) in [6, 6.07) is -0.970. The summed E-state index contributed by atoms with van der Waals surface area (Å²) in [5.74, 6) is -1.81. The number of oxime groups is 1. The molecule has 196 valence electrons. The predicted molar refractivity (Wildman–Crippen MR) is 137 cm³/mol. The van der Waals surface area contributed by atoms with Crippen molar-refractivity contribution in [3.63, 3.8) is 0 Å². The van der Waals surface area contributed by atoms with Crippen molar-refractivity contribution in [3.05, 3.63) is 27.9 Å². The number of rotatable bonds is 10. The number of fused-ring (bicyclic) bond motifs is 1. The minimum absolute atomic E-state index is 0.0868. The lowest BCUT2D eigenvalue weighted by atomic mass is 10.0. The van der Waals surface area contributed by atoms with Gasteiger partial charge >= 0.3 is 12.1 Å². The number of amides is 3. The van der Waals surface area contributed by atoms with Crippen LogP contribution in [0.4, 0.5) is 9.93 Å². The summed E-state index contributed by atoms with van der Waals surface area (Å²) in [5, 5.41) is 27.3. The molecular formula is C19H19N7O7S4. The number of carboxylic acid groups (broad SMARTS) is 1. The molecule has 0 bridgehead atoms. The Balaban J connectivity index is 1.45. The summed E-state index contributed by atoms with van der Waals surface area (Å²) in [7, 11) is 1.25. The molecule has 0 aromatic carbocycles. The molecule has 0 spiro atoms. The highest BCUT2D eigenvalue weighted by molar-refractivity contribution is 8.01. The van der Waals surface area contributed by atoms with Gasteiger partial charge in [0.05, 0.1) is 6.61 Å². The second-order valence-electron chi connectivity index (χ2n) is 7.12. The fraction of sp³-hybridized carbons (Fsp3) is 0.368. The Labute approximate surface area is 225 Å². The lowest BCUT2D eigenvalue weighted by Crippen LogP contribution is -2.71. The van der Waals surface area contributed by atoms with Crippen molar-refractivity contribution in [2.45, 2.75) is 22.7 Å². The standard InChI is InChI=1S/C19H19N7O7S4/c1-3-33-18(31)23-17-21-9(6-35-17)10(25-32-2)13(27)22-11-14(28)26-12(16(29)30)8(4-34-15(11)26)5-36-19-24-20-7-37-19/h6-7,11,15H,3-5H2,1-2H3,(H,22,27)(H,29,30)(H,21,23,31)/t11?,15-/m0/s1. The van der Waals surface area contributed by atoms with Crippen molar-refractivity contribution in [1.29, 1.82) is 0 Å². The van der Waals surface area contributed by atoms with Gasteiger partial charge in [-0.3, -0.25) is 19.8 Å². The fourth-order valence-electron chi connectivity index (χ4n) is 3.37. The van der Waals surface area contributed by atoms with E-state index in [1.165, 1.54) is 52.3 Å². The first-order valence-corrected chi connectivity index (χ1v) is 14.2. The zero-order chi connectivity index (χ0) is 26.5. The minimum atomic E-state index is -1.22. The first-order chi connectivity index (χ1) is 17.8. The first kappa shape index (κ1) is 26.8. The Kier molecular flexibility index (Phi) is 8.62. The molecule has 18 heteroatoms. The highest BCUT2D eigenvalue weighted by Gasteiger charge is 2.54. The number of aromatic nitrogens is 3. The van der Waals surface area contributed by atoms with E-state index in [-0.39, 0.29) is 28.8 Å². The lowest BCUT2D eigenvalue weighted by molar-refractivity contribution is -0.150. The monoisotopic (exact) mass is 585 g/mol. The van der Waals surface area contributed by atoms with Crippen LogP contribution in [0, 0.1) is 0 Å². The summed E-state index contributed by atoms with van der Waals surface area (Å²) in [4.78, 5) is 59.7. The van der Waals surface area contributed by atoms with Crippen LogP contribution in [-0.4, -0.2) is 91.4 Å². The van der Waals surface area contributed by atoms with Crippen molar-refractivity contribution in [2.24, 2.45) is 5.16 Å². The van der Waals surface area contributed by atoms with E-state index in [2.05, 4.69) is 31.0 Å². The molecule has 2 aliphatic rings. The van der Waals surface area contributed by atoms with Gasteiger partial charge in [-0.2, -0.15) is 0 Å². The van der Waals surface area contributed by atoms with Crippen molar-refractivity contribution < 1.29 is 33.9 Å². The maximum atomic E-state index is 13.0. The Morgan fingerprint density at radius 2 is 2.16 bits per heavy atom. The van der Waals surface area contributed by atoms with Gasteiger partial charge in [0.25, 0.3) is 11.8 Å². The van der Waals surface area contributed by atoms with Crippen molar-refractivity contribution in [2.75, 3.05) is 30.5 Å². The molecule has 2 aromatic heterocycles. The van der Waals surface area contributed by atoms with Gasteiger partial charge in [-0.15, -0.1) is 33.3 Å². The van der Waals surface area contributed by atoms with E-state index in [0.29, 0.717) is 21.4 Å². The van der Waals surface area contributed by atoms with E-state index in [9.17, 15) is 24.3 Å². The third-order valence-electron chi connectivity index (χ3n) is 4.88. The van der Waals surface area contributed by atoms with Crippen LogP contribution in [0.3, 0.4) is 0 Å². The number of β-lactam (4-membered cyclic amide) rings is 1. The van der Waals surface area contributed by atoms with Crippen molar-refractivity contribution in [1.82, 2.24) is 25.4 Å². The Morgan fingerprint density at radius 3 is 2.84 bits per heavy atom. The van der Waals surface area contributed by atoms with Crippen LogP contribution in [0.2, 0.25) is 0 Å². The number of carboxylic acids is 1. The number of thiazole rings is 1. The Hall–Kier alpha value is -3.22. The fourth-order valence-corrected chi connectivity index (χ4v) is 7.02. The summed E-state index contributed by atoms with van der Waals surface area (Å²) in [6.45, 7) is 1.83. The first-order valence-electron chi connectivity index (χ1n) is 10.4. The smallest absolute Gasteiger partial charge is 0.413 e. The third-order valence-corrected chi connectivity index (χ3v) is 8.92. The number of carbonyl (C=O) groups excluding carboxylic acids is 3. The molecule has 3 amide bonds. The molecule has 4 rings (SSSR count). The number of nitrogens with one attached hydrogen (secondary N) is 2. The van der Waals surface area contributed by atoms with E-state index < -0.39 is 35.3 Å². The number of aliphatic carboxylic acids is 1. The molecule has 37 heavy (non-hydrogen) atoms. The molecule has 2 atom stereocenters. The third kappa shape index (κ3) is 5.86. The van der Waals surface area contributed by atoms with Crippen LogP contribution >= 0.6 is 46.2 Å². The molecule has 0 saturated carbocycles. The Morgan fingerprint density at radius 1 is 1.35 bits per heavy atom. The zero-order valence-electron chi connectivity index (χ0n) is 19.2. The van der Waals surface area contributed by atoms with E-state index in [1.54, 1.807) is 12.4 Å². The van der Waals surface area contributed by atoms with Gasteiger partial charge in [0, 0.05) is 16.9 Å². The van der Waals surface area contributed by atoms with Crippen LogP contribution < -0.4 is 10.6 Å². The summed E-state index contributed by atoms with van der Waals surface area (Å²) >= 11 is 5.07. The topological polar surface area (TPSA) is 185 Å².